The summed E-state index contributed by atoms with van der Waals surface area (Å²) in [7, 11) is -3.63. The topological polar surface area (TPSA) is 66.9 Å². The van der Waals surface area contributed by atoms with Crippen LogP contribution in [0.1, 0.15) is 44.0 Å². The molecule has 1 atom stereocenters. The van der Waals surface area contributed by atoms with E-state index in [1.54, 1.807) is 23.1 Å². The first-order valence-electron chi connectivity index (χ1n) is 8.94. The van der Waals surface area contributed by atoms with E-state index >= 15 is 0 Å². The highest BCUT2D eigenvalue weighted by molar-refractivity contribution is 7.89. The molecule has 6 nitrogen and oxygen atoms in total. The van der Waals surface area contributed by atoms with Crippen LogP contribution in [-0.2, 0) is 14.8 Å². The second-order valence-electron chi connectivity index (χ2n) is 6.08. The van der Waals surface area contributed by atoms with Crippen molar-refractivity contribution < 1.29 is 17.9 Å². The Hall–Kier alpha value is -1.44. The van der Waals surface area contributed by atoms with Gasteiger partial charge in [-0.05, 0) is 51.8 Å². The SMILES string of the molecule is CCOC[C@H]1CCCN1S(=O)(=O)c1cccc(C(=O)N(CC)CC)c1. The van der Waals surface area contributed by atoms with E-state index in [4.69, 9.17) is 4.74 Å². The van der Waals surface area contributed by atoms with E-state index < -0.39 is 10.0 Å². The van der Waals surface area contributed by atoms with E-state index in [-0.39, 0.29) is 16.8 Å². The van der Waals surface area contributed by atoms with Crippen molar-refractivity contribution in [1.29, 1.82) is 0 Å². The molecule has 1 heterocycles. The zero-order chi connectivity index (χ0) is 18.4. The molecule has 1 aromatic rings. The van der Waals surface area contributed by atoms with E-state index in [1.165, 1.54) is 10.4 Å². The molecule has 1 aliphatic rings. The van der Waals surface area contributed by atoms with Gasteiger partial charge in [0.2, 0.25) is 10.0 Å². The monoisotopic (exact) mass is 368 g/mol. The molecule has 1 aromatic carbocycles. The van der Waals surface area contributed by atoms with Crippen LogP contribution in [-0.4, -0.2) is 62.4 Å². The fraction of sp³-hybridized carbons (Fsp3) is 0.611. The summed E-state index contributed by atoms with van der Waals surface area (Å²) in [6.07, 6.45) is 1.63. The summed E-state index contributed by atoms with van der Waals surface area (Å²) in [5, 5.41) is 0. The van der Waals surface area contributed by atoms with Gasteiger partial charge in [0.15, 0.2) is 0 Å². The molecule has 1 fully saturated rings. The molecule has 0 saturated carbocycles. The highest BCUT2D eigenvalue weighted by Gasteiger charge is 2.35. The molecule has 140 valence electrons. The number of rotatable bonds is 8. The van der Waals surface area contributed by atoms with Gasteiger partial charge in [-0.25, -0.2) is 8.42 Å². The number of amides is 1. The number of hydrogen-bond donors (Lipinski definition) is 0. The third-order valence-electron chi connectivity index (χ3n) is 4.58. The Labute approximate surface area is 150 Å². The van der Waals surface area contributed by atoms with Crippen LogP contribution in [0, 0.1) is 0 Å². The summed E-state index contributed by atoms with van der Waals surface area (Å²) in [6.45, 7) is 8.37. The second kappa shape index (κ2) is 8.78. The van der Waals surface area contributed by atoms with Gasteiger partial charge in [0.05, 0.1) is 11.5 Å². The van der Waals surface area contributed by atoms with Gasteiger partial charge in [0, 0.05) is 37.8 Å². The molecule has 0 N–H and O–H groups in total. The van der Waals surface area contributed by atoms with Crippen molar-refractivity contribution in [1.82, 2.24) is 9.21 Å². The molecule has 0 aliphatic carbocycles. The average molecular weight is 368 g/mol. The van der Waals surface area contributed by atoms with Gasteiger partial charge in [0.25, 0.3) is 5.91 Å². The Balaban J connectivity index is 2.28. The van der Waals surface area contributed by atoms with Crippen LogP contribution in [0.5, 0.6) is 0 Å². The summed E-state index contributed by atoms with van der Waals surface area (Å²) in [6, 6.07) is 6.22. The third-order valence-corrected chi connectivity index (χ3v) is 6.52. The van der Waals surface area contributed by atoms with Crippen LogP contribution in [0.4, 0.5) is 0 Å². The van der Waals surface area contributed by atoms with Gasteiger partial charge in [-0.1, -0.05) is 6.07 Å². The number of nitrogens with zero attached hydrogens (tertiary/aromatic N) is 2. The maximum atomic E-state index is 13.0. The Morgan fingerprint density at radius 3 is 2.64 bits per heavy atom. The smallest absolute Gasteiger partial charge is 0.253 e. The summed E-state index contributed by atoms with van der Waals surface area (Å²) in [5.74, 6) is -0.144. The van der Waals surface area contributed by atoms with Gasteiger partial charge < -0.3 is 9.64 Å². The highest BCUT2D eigenvalue weighted by Crippen LogP contribution is 2.27. The Bertz CT molecular complexity index is 686. The van der Waals surface area contributed by atoms with Crippen molar-refractivity contribution in [3.63, 3.8) is 0 Å². The van der Waals surface area contributed by atoms with Gasteiger partial charge in [0.1, 0.15) is 0 Å². The first-order valence-corrected chi connectivity index (χ1v) is 10.4. The molecule has 1 aliphatic heterocycles. The maximum Gasteiger partial charge on any atom is 0.253 e. The lowest BCUT2D eigenvalue weighted by atomic mass is 10.2. The van der Waals surface area contributed by atoms with Crippen LogP contribution in [0.15, 0.2) is 29.2 Å². The molecule has 0 unspecified atom stereocenters. The lowest BCUT2D eigenvalue weighted by molar-refractivity contribution is 0.0772. The van der Waals surface area contributed by atoms with Crippen LogP contribution in [0.2, 0.25) is 0 Å². The third kappa shape index (κ3) is 4.40. The zero-order valence-corrected chi connectivity index (χ0v) is 16.1. The molecule has 0 spiro atoms. The van der Waals surface area contributed by atoms with Crippen LogP contribution in [0.25, 0.3) is 0 Å². The molecular formula is C18H28N2O4S. The molecule has 1 saturated heterocycles. The molecule has 2 rings (SSSR count). The molecule has 25 heavy (non-hydrogen) atoms. The van der Waals surface area contributed by atoms with Gasteiger partial charge in [-0.2, -0.15) is 4.31 Å². The fourth-order valence-electron chi connectivity index (χ4n) is 3.16. The van der Waals surface area contributed by atoms with E-state index in [9.17, 15) is 13.2 Å². The number of carbonyl (C=O) groups is 1. The summed E-state index contributed by atoms with van der Waals surface area (Å²) >= 11 is 0. The van der Waals surface area contributed by atoms with Crippen molar-refractivity contribution in [3.8, 4) is 0 Å². The standard InChI is InChI=1S/C18H28N2O4S/c1-4-19(5-2)18(21)15-9-7-11-17(13-15)25(22,23)20-12-8-10-16(20)14-24-6-3/h7,9,11,13,16H,4-6,8,10,12,14H2,1-3H3/t16-/m1/s1. The van der Waals surface area contributed by atoms with Crippen molar-refractivity contribution >= 4 is 15.9 Å². The lowest BCUT2D eigenvalue weighted by Gasteiger charge is -2.24. The fourth-order valence-corrected chi connectivity index (χ4v) is 4.89. The minimum absolute atomic E-state index is 0.132. The Morgan fingerprint density at radius 1 is 1.28 bits per heavy atom. The minimum Gasteiger partial charge on any atom is -0.380 e. The van der Waals surface area contributed by atoms with Gasteiger partial charge >= 0.3 is 0 Å². The number of carbonyl (C=O) groups excluding carboxylic acids is 1. The molecule has 0 bridgehead atoms. The number of benzene rings is 1. The Kier molecular flexibility index (Phi) is 6.98. The van der Waals surface area contributed by atoms with E-state index in [0.29, 0.717) is 38.4 Å². The van der Waals surface area contributed by atoms with Crippen LogP contribution < -0.4 is 0 Å². The largest absolute Gasteiger partial charge is 0.380 e. The number of ether oxygens (including phenoxy) is 1. The lowest BCUT2D eigenvalue weighted by Crippen LogP contribution is -2.38. The van der Waals surface area contributed by atoms with Crippen molar-refractivity contribution in [2.45, 2.75) is 44.6 Å². The van der Waals surface area contributed by atoms with E-state index in [0.717, 1.165) is 12.8 Å². The van der Waals surface area contributed by atoms with Gasteiger partial charge in [-0.3, -0.25) is 4.79 Å². The van der Waals surface area contributed by atoms with E-state index in [2.05, 4.69) is 0 Å². The molecule has 1 amide bonds. The zero-order valence-electron chi connectivity index (χ0n) is 15.3. The van der Waals surface area contributed by atoms with Crippen molar-refractivity contribution in [3.05, 3.63) is 29.8 Å². The van der Waals surface area contributed by atoms with Gasteiger partial charge in [-0.15, -0.1) is 0 Å². The molecular weight excluding hydrogens is 340 g/mol. The highest BCUT2D eigenvalue weighted by atomic mass is 32.2. The first-order chi connectivity index (χ1) is 12.0. The van der Waals surface area contributed by atoms with Crippen LogP contribution in [0.3, 0.4) is 0 Å². The van der Waals surface area contributed by atoms with E-state index in [1.807, 2.05) is 20.8 Å². The predicted octanol–water partition coefficient (Wildman–Crippen LogP) is 2.36. The van der Waals surface area contributed by atoms with Crippen molar-refractivity contribution in [2.24, 2.45) is 0 Å². The van der Waals surface area contributed by atoms with Crippen molar-refractivity contribution in [2.75, 3.05) is 32.8 Å². The normalized spacial score (nSPS) is 18.4. The second-order valence-corrected chi connectivity index (χ2v) is 7.97. The summed E-state index contributed by atoms with van der Waals surface area (Å²) in [5.41, 5.74) is 0.408. The summed E-state index contributed by atoms with van der Waals surface area (Å²) < 4.78 is 33.0. The molecule has 7 heteroatoms. The Morgan fingerprint density at radius 2 is 2.00 bits per heavy atom. The molecule has 0 aromatic heterocycles. The quantitative estimate of drug-likeness (QED) is 0.706. The average Bonchev–Trinajstić information content (AvgIpc) is 3.10. The maximum absolute atomic E-state index is 13.0. The summed E-state index contributed by atoms with van der Waals surface area (Å²) in [4.78, 5) is 14.4. The predicted molar refractivity (Wildman–Crippen MR) is 97.1 cm³/mol. The number of hydrogen-bond acceptors (Lipinski definition) is 4. The molecule has 0 radical (unpaired) electrons. The van der Waals surface area contributed by atoms with Crippen LogP contribution >= 0.6 is 0 Å². The number of sulfonamides is 1. The minimum atomic E-state index is -3.63. The first kappa shape index (κ1) is 19.9.